The number of rotatable bonds is 2. The van der Waals surface area contributed by atoms with Crippen LogP contribution in [0.4, 0.5) is 0 Å². The third-order valence-corrected chi connectivity index (χ3v) is 3.73. The summed E-state index contributed by atoms with van der Waals surface area (Å²) in [5.41, 5.74) is 2.93. The van der Waals surface area contributed by atoms with Crippen molar-refractivity contribution in [1.29, 1.82) is 5.26 Å². The van der Waals surface area contributed by atoms with Crippen molar-refractivity contribution in [3.8, 4) is 6.07 Å². The molecule has 5 heteroatoms. The van der Waals surface area contributed by atoms with E-state index in [9.17, 15) is 5.21 Å². The topological polar surface area (TPSA) is 63.0 Å². The Balaban J connectivity index is 2.66. The van der Waals surface area contributed by atoms with Crippen LogP contribution in [0.5, 0.6) is 0 Å². The quantitative estimate of drug-likeness (QED) is 0.764. The molecule has 0 bridgehead atoms. The Morgan fingerprint density at radius 1 is 1.61 bits per heavy atom. The van der Waals surface area contributed by atoms with Crippen LogP contribution in [0.15, 0.2) is 16.8 Å². The van der Waals surface area contributed by atoms with Crippen molar-refractivity contribution in [3.05, 3.63) is 33.8 Å². The number of nitriles is 1. The Kier molecular flexibility index (Phi) is 3.60. The second-order valence-electron chi connectivity index (χ2n) is 4.17. The van der Waals surface area contributed by atoms with Gasteiger partial charge in [0.15, 0.2) is 0 Å². The number of aryl methyl sites for hydroxylation is 1. The monoisotopic (exact) mass is 260 g/mol. The molecule has 2 heterocycles. The van der Waals surface area contributed by atoms with E-state index in [0.29, 0.717) is 6.42 Å². The molecule has 1 atom stereocenters. The lowest BCUT2D eigenvalue weighted by Crippen LogP contribution is -2.26. The number of hydrogen-bond acceptors (Lipinski definition) is 5. The van der Waals surface area contributed by atoms with Crippen molar-refractivity contribution in [2.45, 2.75) is 31.3 Å². The molecule has 2 rings (SSSR count). The predicted molar refractivity (Wildman–Crippen MR) is 72.6 cm³/mol. The SMILES string of the molecule is CCC1c2nc(SC)cc(C)c2C=C(C#N)N1[O-]. The first-order valence-corrected chi connectivity index (χ1v) is 6.98. The lowest BCUT2D eigenvalue weighted by atomic mass is 9.96. The molecule has 1 unspecified atom stereocenters. The zero-order valence-electron chi connectivity index (χ0n) is 10.6. The molecule has 0 N–H and O–H groups in total. The number of aromatic nitrogens is 1. The van der Waals surface area contributed by atoms with Crippen molar-refractivity contribution in [2.24, 2.45) is 0 Å². The van der Waals surface area contributed by atoms with Crippen molar-refractivity contribution in [3.63, 3.8) is 0 Å². The van der Waals surface area contributed by atoms with Crippen LogP contribution < -0.4 is 0 Å². The molecule has 0 spiro atoms. The number of allylic oxidation sites excluding steroid dienone is 1. The van der Waals surface area contributed by atoms with Crippen molar-refractivity contribution in [1.82, 2.24) is 10.0 Å². The highest BCUT2D eigenvalue weighted by molar-refractivity contribution is 7.98. The third kappa shape index (κ3) is 1.98. The van der Waals surface area contributed by atoms with E-state index >= 15 is 0 Å². The minimum atomic E-state index is -0.356. The molecule has 0 aromatic carbocycles. The first-order valence-electron chi connectivity index (χ1n) is 5.76. The highest BCUT2D eigenvalue weighted by Crippen LogP contribution is 2.36. The Hall–Kier alpha value is -1.51. The van der Waals surface area contributed by atoms with E-state index in [4.69, 9.17) is 5.26 Å². The van der Waals surface area contributed by atoms with Gasteiger partial charge in [0, 0.05) is 5.56 Å². The van der Waals surface area contributed by atoms with Gasteiger partial charge >= 0.3 is 0 Å². The van der Waals surface area contributed by atoms with Gasteiger partial charge in [-0.1, -0.05) is 6.92 Å². The van der Waals surface area contributed by atoms with Crippen LogP contribution in [-0.4, -0.2) is 16.3 Å². The lowest BCUT2D eigenvalue weighted by Gasteiger charge is -2.41. The van der Waals surface area contributed by atoms with Crippen LogP contribution >= 0.6 is 11.8 Å². The molecule has 0 fully saturated rings. The number of hydroxylamine groups is 2. The number of pyridine rings is 1. The molecular formula is C13H14N3OS-. The normalized spacial score (nSPS) is 18.1. The summed E-state index contributed by atoms with van der Waals surface area (Å²) < 4.78 is 0. The van der Waals surface area contributed by atoms with Gasteiger partial charge < -0.3 is 10.3 Å². The van der Waals surface area contributed by atoms with Crippen LogP contribution in [0, 0.1) is 23.5 Å². The summed E-state index contributed by atoms with van der Waals surface area (Å²) in [6.45, 7) is 3.92. The summed E-state index contributed by atoms with van der Waals surface area (Å²) in [4.78, 5) is 4.53. The zero-order chi connectivity index (χ0) is 13.3. The summed E-state index contributed by atoms with van der Waals surface area (Å²) in [7, 11) is 0. The van der Waals surface area contributed by atoms with E-state index in [-0.39, 0.29) is 11.7 Å². The van der Waals surface area contributed by atoms with E-state index in [0.717, 1.165) is 26.9 Å². The number of hydrogen-bond donors (Lipinski definition) is 0. The van der Waals surface area contributed by atoms with Crippen LogP contribution in [0.2, 0.25) is 0 Å². The van der Waals surface area contributed by atoms with Crippen molar-refractivity contribution >= 4 is 17.8 Å². The van der Waals surface area contributed by atoms with Gasteiger partial charge in [-0.3, -0.25) is 0 Å². The molecule has 0 saturated carbocycles. The first-order chi connectivity index (χ1) is 8.62. The molecule has 1 aromatic rings. The smallest absolute Gasteiger partial charge is 0.116 e. The summed E-state index contributed by atoms with van der Waals surface area (Å²) in [5, 5.41) is 22.7. The minimum Gasteiger partial charge on any atom is -0.757 e. The fourth-order valence-electron chi connectivity index (χ4n) is 2.14. The van der Waals surface area contributed by atoms with Gasteiger partial charge in [0.25, 0.3) is 0 Å². The first kappa shape index (κ1) is 12.9. The van der Waals surface area contributed by atoms with Crippen LogP contribution in [0.1, 0.15) is 36.2 Å². The highest BCUT2D eigenvalue weighted by atomic mass is 32.2. The summed E-state index contributed by atoms with van der Waals surface area (Å²) in [5.74, 6) is 0. The molecule has 94 valence electrons. The third-order valence-electron chi connectivity index (χ3n) is 3.10. The Morgan fingerprint density at radius 3 is 2.89 bits per heavy atom. The fraction of sp³-hybridized carbons (Fsp3) is 0.385. The van der Waals surface area contributed by atoms with E-state index in [1.54, 1.807) is 17.8 Å². The molecule has 1 aliphatic heterocycles. The van der Waals surface area contributed by atoms with Gasteiger partial charge in [0.05, 0.1) is 16.8 Å². The van der Waals surface area contributed by atoms with E-state index in [2.05, 4.69) is 4.98 Å². The number of fused-ring (bicyclic) bond motifs is 1. The Labute approximate surface area is 111 Å². The minimum absolute atomic E-state index is 0.163. The maximum Gasteiger partial charge on any atom is 0.116 e. The molecule has 0 saturated heterocycles. The summed E-state index contributed by atoms with van der Waals surface area (Å²) in [6, 6.07) is 3.59. The molecule has 1 aromatic heterocycles. The largest absolute Gasteiger partial charge is 0.757 e. The predicted octanol–water partition coefficient (Wildman–Crippen LogP) is 3.24. The van der Waals surface area contributed by atoms with Gasteiger partial charge in [-0.2, -0.15) is 5.26 Å². The standard InChI is InChI=1S/C13H14N3OS/c1-4-11-13-10(6-9(7-14)16(11)17)8(2)5-12(15-13)18-3/h5-6,11H,4H2,1-3H3/q-1. The van der Waals surface area contributed by atoms with Gasteiger partial charge in [-0.05, 0) is 37.3 Å². The zero-order valence-corrected chi connectivity index (χ0v) is 11.4. The molecule has 4 nitrogen and oxygen atoms in total. The van der Waals surface area contributed by atoms with Gasteiger partial charge in [0.2, 0.25) is 0 Å². The van der Waals surface area contributed by atoms with Gasteiger partial charge in [-0.15, -0.1) is 11.8 Å². The molecule has 18 heavy (non-hydrogen) atoms. The number of nitrogens with zero attached hydrogens (tertiary/aromatic N) is 3. The number of thioether (sulfide) groups is 1. The molecule has 1 aliphatic rings. The fourth-order valence-corrected chi connectivity index (χ4v) is 2.63. The van der Waals surface area contributed by atoms with Crippen LogP contribution in [-0.2, 0) is 0 Å². The highest BCUT2D eigenvalue weighted by Gasteiger charge is 2.24. The van der Waals surface area contributed by atoms with Crippen molar-refractivity contribution in [2.75, 3.05) is 6.26 Å². The summed E-state index contributed by atoms with van der Waals surface area (Å²) >= 11 is 1.56. The maximum absolute atomic E-state index is 12.0. The summed E-state index contributed by atoms with van der Waals surface area (Å²) in [6.07, 6.45) is 4.24. The van der Waals surface area contributed by atoms with Gasteiger partial charge in [-0.25, -0.2) is 4.98 Å². The Bertz CT molecular complexity index is 548. The van der Waals surface area contributed by atoms with E-state index < -0.39 is 0 Å². The molecule has 0 amide bonds. The Morgan fingerprint density at radius 2 is 2.33 bits per heavy atom. The molecular weight excluding hydrogens is 246 g/mol. The van der Waals surface area contributed by atoms with Gasteiger partial charge in [0.1, 0.15) is 11.8 Å². The second-order valence-corrected chi connectivity index (χ2v) is 5.00. The molecule has 0 aliphatic carbocycles. The second kappa shape index (κ2) is 5.01. The van der Waals surface area contributed by atoms with Crippen molar-refractivity contribution < 1.29 is 0 Å². The molecule has 0 radical (unpaired) electrons. The van der Waals surface area contributed by atoms with Crippen LogP contribution in [0.3, 0.4) is 0 Å². The van der Waals surface area contributed by atoms with Crippen LogP contribution in [0.25, 0.3) is 6.08 Å². The van der Waals surface area contributed by atoms with E-state index in [1.165, 1.54) is 0 Å². The average molecular weight is 260 g/mol. The van der Waals surface area contributed by atoms with E-state index in [1.807, 2.05) is 32.2 Å². The maximum atomic E-state index is 12.0. The lowest BCUT2D eigenvalue weighted by molar-refractivity contribution is 0.336. The average Bonchev–Trinajstić information content (AvgIpc) is 2.38.